The van der Waals surface area contributed by atoms with E-state index in [-0.39, 0.29) is 11.4 Å². The maximum atomic E-state index is 13.2. The first-order chi connectivity index (χ1) is 16.4. The molecule has 0 bridgehead atoms. The van der Waals surface area contributed by atoms with Crippen LogP contribution in [0.25, 0.3) is 22.2 Å². The van der Waals surface area contributed by atoms with E-state index in [2.05, 4.69) is 43.1 Å². The third-order valence-electron chi connectivity index (χ3n) is 7.35. The van der Waals surface area contributed by atoms with Crippen LogP contribution in [0.4, 0.5) is 4.79 Å². The number of hydrogen-bond donors (Lipinski definition) is 1. The molecule has 1 spiro atoms. The van der Waals surface area contributed by atoms with Crippen LogP contribution in [0.1, 0.15) is 37.9 Å². The first kappa shape index (κ1) is 20.8. The Balaban J connectivity index is 1.22. The zero-order chi connectivity index (χ0) is 23.3. The molecule has 0 saturated carbocycles. The zero-order valence-corrected chi connectivity index (χ0v) is 19.4. The van der Waals surface area contributed by atoms with Gasteiger partial charge in [0.05, 0.1) is 16.7 Å². The number of nitrogens with one attached hydrogen (secondary N) is 1. The smallest absolute Gasteiger partial charge is 0.318 e. The topological polar surface area (TPSA) is 88.8 Å². The van der Waals surface area contributed by atoms with E-state index in [1.54, 1.807) is 12.4 Å². The Hall–Kier alpha value is -3.81. The lowest BCUT2D eigenvalue weighted by atomic mass is 9.82. The molecule has 1 atom stereocenters. The Kier molecular flexibility index (Phi) is 4.65. The monoisotopic (exact) mass is 453 g/mol. The Bertz CT molecular complexity index is 1380. The summed E-state index contributed by atoms with van der Waals surface area (Å²) in [5, 5.41) is 9.18. The molecule has 2 aliphatic rings. The third kappa shape index (κ3) is 3.41. The summed E-state index contributed by atoms with van der Waals surface area (Å²) in [6.45, 7) is 6.25. The standard InChI is InChI=1S/C26H27N7O/c1-25(2,20-14-27-17-28-15-20)30-24(34)32-9-7-26(16-32)8-10-33-23(26)12-22(31-33)19-11-18-5-3-4-6-21(18)29-13-19/h3-6,11-15,17H,7-10,16H2,1-2H3,(H,30,34). The SMILES string of the molecule is CC(C)(NC(=O)N1CCC2(CCn3nc(-c4cnc5ccccc5c4)cc32)C1)c1cncnc1. The molecule has 172 valence electrons. The highest BCUT2D eigenvalue weighted by atomic mass is 16.2. The quantitative estimate of drug-likeness (QED) is 0.509. The predicted molar refractivity (Wildman–Crippen MR) is 129 cm³/mol. The number of carbonyl (C=O) groups is 1. The number of likely N-dealkylation sites (tertiary alicyclic amines) is 1. The molecule has 34 heavy (non-hydrogen) atoms. The highest BCUT2D eigenvalue weighted by molar-refractivity contribution is 5.83. The van der Waals surface area contributed by atoms with Crippen LogP contribution >= 0.6 is 0 Å². The van der Waals surface area contributed by atoms with Crippen molar-refractivity contribution in [3.05, 3.63) is 72.6 Å². The van der Waals surface area contributed by atoms with Gasteiger partial charge in [-0.05, 0) is 44.9 Å². The molecular formula is C26H27N7O. The van der Waals surface area contributed by atoms with Gasteiger partial charge in [0.2, 0.25) is 0 Å². The number of pyridine rings is 1. The Morgan fingerprint density at radius 2 is 1.85 bits per heavy atom. The number of nitrogens with zero attached hydrogens (tertiary/aromatic N) is 6. The van der Waals surface area contributed by atoms with Gasteiger partial charge in [-0.1, -0.05) is 18.2 Å². The number of amides is 2. The van der Waals surface area contributed by atoms with Gasteiger partial charge in [-0.2, -0.15) is 5.10 Å². The molecule has 6 rings (SSSR count). The van der Waals surface area contributed by atoms with Crippen molar-refractivity contribution >= 4 is 16.9 Å². The van der Waals surface area contributed by atoms with Gasteiger partial charge in [-0.25, -0.2) is 14.8 Å². The summed E-state index contributed by atoms with van der Waals surface area (Å²) in [7, 11) is 0. The number of carbonyl (C=O) groups excluding carboxylic acids is 1. The molecule has 1 saturated heterocycles. The van der Waals surface area contributed by atoms with Crippen molar-refractivity contribution in [2.45, 2.75) is 44.2 Å². The second-order valence-corrected chi connectivity index (χ2v) is 9.94. The molecule has 0 aliphatic carbocycles. The molecule has 3 aromatic heterocycles. The van der Waals surface area contributed by atoms with E-state index >= 15 is 0 Å². The molecule has 0 radical (unpaired) electrons. The van der Waals surface area contributed by atoms with Gasteiger partial charge >= 0.3 is 6.03 Å². The van der Waals surface area contributed by atoms with Crippen LogP contribution in [0.15, 0.2) is 61.3 Å². The third-order valence-corrected chi connectivity index (χ3v) is 7.35. The molecule has 1 unspecified atom stereocenters. The highest BCUT2D eigenvalue weighted by Gasteiger charge is 2.47. The number of aromatic nitrogens is 5. The van der Waals surface area contributed by atoms with Gasteiger partial charge < -0.3 is 10.2 Å². The maximum Gasteiger partial charge on any atom is 0.318 e. The number of para-hydroxylation sites is 1. The summed E-state index contributed by atoms with van der Waals surface area (Å²) in [5.74, 6) is 0. The fraction of sp³-hybridized carbons (Fsp3) is 0.346. The van der Waals surface area contributed by atoms with E-state index in [9.17, 15) is 4.79 Å². The highest BCUT2D eigenvalue weighted by Crippen LogP contribution is 2.44. The Morgan fingerprint density at radius 1 is 1.06 bits per heavy atom. The lowest BCUT2D eigenvalue weighted by molar-refractivity contribution is 0.194. The van der Waals surface area contributed by atoms with Crippen LogP contribution in [0.3, 0.4) is 0 Å². The molecule has 1 N–H and O–H groups in total. The Morgan fingerprint density at radius 3 is 2.71 bits per heavy atom. The van der Waals surface area contributed by atoms with E-state index in [0.29, 0.717) is 6.54 Å². The van der Waals surface area contributed by atoms with Crippen molar-refractivity contribution in [1.29, 1.82) is 0 Å². The minimum Gasteiger partial charge on any atom is -0.329 e. The van der Waals surface area contributed by atoms with Gasteiger partial charge in [0.25, 0.3) is 0 Å². The number of urea groups is 1. The maximum absolute atomic E-state index is 13.2. The average molecular weight is 454 g/mol. The molecule has 4 aromatic rings. The van der Waals surface area contributed by atoms with Gasteiger partial charge in [-0.15, -0.1) is 0 Å². The van der Waals surface area contributed by atoms with Crippen molar-refractivity contribution in [3.63, 3.8) is 0 Å². The van der Waals surface area contributed by atoms with Crippen LogP contribution < -0.4 is 5.32 Å². The molecule has 2 aliphatic heterocycles. The molecule has 2 amide bonds. The first-order valence-corrected chi connectivity index (χ1v) is 11.7. The largest absolute Gasteiger partial charge is 0.329 e. The zero-order valence-electron chi connectivity index (χ0n) is 19.4. The van der Waals surface area contributed by atoms with E-state index in [0.717, 1.165) is 53.7 Å². The van der Waals surface area contributed by atoms with Gasteiger partial charge in [0.1, 0.15) is 6.33 Å². The van der Waals surface area contributed by atoms with Crippen LogP contribution in [0.5, 0.6) is 0 Å². The second-order valence-electron chi connectivity index (χ2n) is 9.94. The van der Waals surface area contributed by atoms with Crippen molar-refractivity contribution in [2.24, 2.45) is 0 Å². The number of fused-ring (bicyclic) bond motifs is 3. The molecule has 8 heteroatoms. The Labute approximate surface area is 198 Å². The fourth-order valence-corrected chi connectivity index (χ4v) is 5.31. The van der Waals surface area contributed by atoms with Gasteiger partial charge in [0.15, 0.2) is 0 Å². The van der Waals surface area contributed by atoms with Crippen LogP contribution in [0.2, 0.25) is 0 Å². The number of rotatable bonds is 3. The van der Waals surface area contributed by atoms with Gasteiger partial charge in [-0.3, -0.25) is 9.67 Å². The lowest BCUT2D eigenvalue weighted by Crippen LogP contribution is -2.48. The number of benzene rings is 1. The lowest BCUT2D eigenvalue weighted by Gasteiger charge is -2.30. The summed E-state index contributed by atoms with van der Waals surface area (Å²) >= 11 is 0. The predicted octanol–water partition coefficient (Wildman–Crippen LogP) is 3.88. The van der Waals surface area contributed by atoms with Gasteiger partial charge in [0, 0.05) is 65.8 Å². The van der Waals surface area contributed by atoms with Crippen molar-refractivity contribution < 1.29 is 4.79 Å². The van der Waals surface area contributed by atoms with Crippen molar-refractivity contribution in [3.8, 4) is 11.3 Å². The summed E-state index contributed by atoms with van der Waals surface area (Å²) in [6.07, 6.45) is 8.84. The minimum absolute atomic E-state index is 0.0487. The summed E-state index contributed by atoms with van der Waals surface area (Å²) < 4.78 is 2.12. The fourth-order valence-electron chi connectivity index (χ4n) is 5.31. The first-order valence-electron chi connectivity index (χ1n) is 11.7. The van der Waals surface area contributed by atoms with Crippen molar-refractivity contribution in [2.75, 3.05) is 13.1 Å². The molecule has 8 nitrogen and oxygen atoms in total. The van der Waals surface area contributed by atoms with Crippen LogP contribution in [-0.4, -0.2) is 48.8 Å². The summed E-state index contributed by atoms with van der Waals surface area (Å²) in [4.78, 5) is 27.9. The molecule has 1 aromatic carbocycles. The molecule has 5 heterocycles. The van der Waals surface area contributed by atoms with Crippen LogP contribution in [-0.2, 0) is 17.5 Å². The van der Waals surface area contributed by atoms with Crippen molar-refractivity contribution in [1.82, 2.24) is 34.9 Å². The number of aryl methyl sites for hydroxylation is 1. The second kappa shape index (κ2) is 7.62. The van der Waals surface area contributed by atoms with E-state index < -0.39 is 5.54 Å². The molecule has 1 fully saturated rings. The van der Waals surface area contributed by atoms with Crippen LogP contribution in [0, 0.1) is 0 Å². The minimum atomic E-state index is -0.554. The summed E-state index contributed by atoms with van der Waals surface area (Å²) in [5.41, 5.74) is 4.45. The average Bonchev–Trinajstić information content (AvgIpc) is 3.56. The molecular weight excluding hydrogens is 426 g/mol. The number of hydrogen-bond acceptors (Lipinski definition) is 5. The normalized spacial score (nSPS) is 19.6. The van der Waals surface area contributed by atoms with E-state index in [1.165, 1.54) is 12.0 Å². The van der Waals surface area contributed by atoms with E-state index in [4.69, 9.17) is 5.10 Å². The summed E-state index contributed by atoms with van der Waals surface area (Å²) in [6, 6.07) is 12.4. The van der Waals surface area contributed by atoms with E-state index in [1.807, 2.05) is 43.1 Å².